The third-order valence-electron chi connectivity index (χ3n) is 18.2. The second kappa shape index (κ2) is 14.4. The van der Waals surface area contributed by atoms with Gasteiger partial charge in [0.05, 0.1) is 10.8 Å². The highest BCUT2D eigenvalue weighted by Gasteiger charge is 2.54. The zero-order valence-electron chi connectivity index (χ0n) is 42.1. The van der Waals surface area contributed by atoms with Crippen LogP contribution in [0.15, 0.2) is 243 Å². The van der Waals surface area contributed by atoms with E-state index in [4.69, 9.17) is 0 Å². The molecule has 0 saturated heterocycles. The number of fused-ring (bicyclic) bond motifs is 24. The molecule has 350 valence electrons. The van der Waals surface area contributed by atoms with E-state index in [0.29, 0.717) is 0 Å². The monoisotopic (exact) mass is 952 g/mol. The Morgan fingerprint density at radius 1 is 0.293 bits per heavy atom. The summed E-state index contributed by atoms with van der Waals surface area (Å²) in [4.78, 5) is 5.19. The third kappa shape index (κ3) is 5.02. The molecule has 0 bridgehead atoms. The summed E-state index contributed by atoms with van der Waals surface area (Å²) in [7, 11) is 0. The number of nitrogens with zero attached hydrogens (tertiary/aromatic N) is 2. The summed E-state index contributed by atoms with van der Waals surface area (Å²) in [5, 5.41) is 0. The van der Waals surface area contributed by atoms with Crippen molar-refractivity contribution in [3.8, 4) is 44.5 Å². The molecule has 2 heterocycles. The molecule has 75 heavy (non-hydrogen) atoms. The summed E-state index contributed by atoms with van der Waals surface area (Å²) in [6, 6.07) is 93.2. The SMILES string of the molecule is CC(C)(C)c1ccc2c(c1)B1c3ccccc3N(c3ccc4c(c3)C3(c5ccccc5-c5ccccc53)c3ccccc3-4)c3cccc(c31)N2c1ccc2c(c1)C1(c3ccccc3-c3ccccc31)c1ccccc1-2. The van der Waals surface area contributed by atoms with E-state index in [2.05, 4.69) is 273 Å². The van der Waals surface area contributed by atoms with Gasteiger partial charge in [0.1, 0.15) is 0 Å². The van der Waals surface area contributed by atoms with Crippen molar-refractivity contribution in [3.63, 3.8) is 0 Å². The Balaban J connectivity index is 0.916. The topological polar surface area (TPSA) is 6.48 Å². The summed E-state index contributed by atoms with van der Waals surface area (Å²) in [5.74, 6) is 0. The van der Waals surface area contributed by atoms with Crippen LogP contribution in [0.4, 0.5) is 34.1 Å². The lowest BCUT2D eigenvalue weighted by atomic mass is 9.33. The fourth-order valence-corrected chi connectivity index (χ4v) is 15.4. The lowest BCUT2D eigenvalue weighted by Crippen LogP contribution is -2.61. The van der Waals surface area contributed by atoms with E-state index >= 15 is 0 Å². The van der Waals surface area contributed by atoms with Gasteiger partial charge >= 0.3 is 0 Å². The predicted molar refractivity (Wildman–Crippen MR) is 312 cm³/mol. The molecule has 0 N–H and O–H groups in total. The molecule has 4 aliphatic carbocycles. The molecule has 0 amide bonds. The number of rotatable bonds is 2. The molecule has 0 saturated carbocycles. The lowest BCUT2D eigenvalue weighted by molar-refractivity contribution is 0.591. The molecular weight excluding hydrogens is 904 g/mol. The van der Waals surface area contributed by atoms with E-state index in [1.807, 2.05) is 0 Å². The summed E-state index contributed by atoms with van der Waals surface area (Å²) in [5.41, 5.74) is 32.9. The van der Waals surface area contributed by atoms with E-state index < -0.39 is 10.8 Å². The molecule has 3 heteroatoms. The molecule has 2 spiro atoms. The maximum Gasteiger partial charge on any atom is 0.252 e. The van der Waals surface area contributed by atoms with Crippen molar-refractivity contribution in [2.24, 2.45) is 0 Å². The predicted octanol–water partition coefficient (Wildman–Crippen LogP) is 15.8. The minimum atomic E-state index is -0.455. The van der Waals surface area contributed by atoms with Crippen molar-refractivity contribution in [1.29, 1.82) is 0 Å². The maximum absolute atomic E-state index is 2.60. The van der Waals surface area contributed by atoms with Gasteiger partial charge in [-0.3, -0.25) is 0 Å². The summed E-state index contributed by atoms with van der Waals surface area (Å²) in [6.45, 7) is 7.05. The van der Waals surface area contributed by atoms with Gasteiger partial charge in [0, 0.05) is 34.1 Å². The van der Waals surface area contributed by atoms with Crippen molar-refractivity contribution < 1.29 is 0 Å². The largest absolute Gasteiger partial charge is 0.311 e. The Hall–Kier alpha value is -8.92. The highest BCUT2D eigenvalue weighted by molar-refractivity contribution is 7.00. The van der Waals surface area contributed by atoms with Gasteiger partial charge in [0.15, 0.2) is 0 Å². The third-order valence-corrected chi connectivity index (χ3v) is 18.2. The Kier molecular flexibility index (Phi) is 8.00. The first-order valence-corrected chi connectivity index (χ1v) is 26.7. The van der Waals surface area contributed by atoms with Gasteiger partial charge < -0.3 is 9.80 Å². The summed E-state index contributed by atoms with van der Waals surface area (Å²) >= 11 is 0. The Bertz CT molecular complexity index is 4200. The molecular formula is C72H49BN2. The highest BCUT2D eigenvalue weighted by atomic mass is 15.2. The second-order valence-corrected chi connectivity index (χ2v) is 22.6. The summed E-state index contributed by atoms with van der Waals surface area (Å²) in [6.07, 6.45) is 0. The average Bonchev–Trinajstić information content (AvgIpc) is 4.23. The van der Waals surface area contributed by atoms with E-state index in [1.165, 1.54) is 145 Å². The smallest absolute Gasteiger partial charge is 0.252 e. The van der Waals surface area contributed by atoms with Crippen LogP contribution < -0.4 is 26.2 Å². The van der Waals surface area contributed by atoms with E-state index in [1.54, 1.807) is 0 Å². The summed E-state index contributed by atoms with van der Waals surface area (Å²) < 4.78 is 0. The quantitative estimate of drug-likeness (QED) is 0.159. The number of hydrogen-bond acceptors (Lipinski definition) is 2. The number of benzene rings is 11. The van der Waals surface area contributed by atoms with Crippen LogP contribution >= 0.6 is 0 Å². The van der Waals surface area contributed by atoms with E-state index in [0.717, 1.165) is 0 Å². The van der Waals surface area contributed by atoms with E-state index in [-0.39, 0.29) is 12.1 Å². The molecule has 6 aliphatic rings. The number of anilines is 6. The first-order valence-electron chi connectivity index (χ1n) is 26.7. The van der Waals surface area contributed by atoms with Crippen molar-refractivity contribution in [3.05, 3.63) is 293 Å². The molecule has 0 atom stereocenters. The first kappa shape index (κ1) is 41.5. The van der Waals surface area contributed by atoms with Crippen molar-refractivity contribution in [2.75, 3.05) is 9.80 Å². The van der Waals surface area contributed by atoms with Gasteiger partial charge in [-0.15, -0.1) is 0 Å². The minimum absolute atomic E-state index is 0.00872. The van der Waals surface area contributed by atoms with Crippen LogP contribution in [0, 0.1) is 0 Å². The normalized spacial score (nSPS) is 15.3. The molecule has 0 fully saturated rings. The van der Waals surface area contributed by atoms with Gasteiger partial charge in [-0.2, -0.15) is 0 Å². The van der Waals surface area contributed by atoms with Crippen LogP contribution in [0.2, 0.25) is 0 Å². The Morgan fingerprint density at radius 3 is 1.05 bits per heavy atom. The van der Waals surface area contributed by atoms with Crippen molar-refractivity contribution in [2.45, 2.75) is 37.0 Å². The van der Waals surface area contributed by atoms with Gasteiger partial charge in [-0.1, -0.05) is 215 Å². The zero-order chi connectivity index (χ0) is 49.5. The fourth-order valence-electron chi connectivity index (χ4n) is 15.4. The van der Waals surface area contributed by atoms with Crippen molar-refractivity contribution in [1.82, 2.24) is 0 Å². The van der Waals surface area contributed by atoms with Crippen LogP contribution in [0.5, 0.6) is 0 Å². The van der Waals surface area contributed by atoms with Crippen molar-refractivity contribution >= 4 is 57.2 Å². The van der Waals surface area contributed by atoms with Crippen LogP contribution in [0.25, 0.3) is 44.5 Å². The molecule has 11 aromatic rings. The van der Waals surface area contributed by atoms with Gasteiger partial charge in [-0.05, 0) is 165 Å². The van der Waals surface area contributed by atoms with Crippen LogP contribution in [-0.4, -0.2) is 6.71 Å². The van der Waals surface area contributed by atoms with Gasteiger partial charge in [0.25, 0.3) is 6.71 Å². The Morgan fingerprint density at radius 2 is 0.640 bits per heavy atom. The minimum Gasteiger partial charge on any atom is -0.311 e. The van der Waals surface area contributed by atoms with Gasteiger partial charge in [0.2, 0.25) is 0 Å². The number of hydrogen-bond donors (Lipinski definition) is 0. The molecule has 0 aromatic heterocycles. The molecule has 0 radical (unpaired) electrons. The lowest BCUT2D eigenvalue weighted by Gasteiger charge is -2.44. The first-order chi connectivity index (χ1) is 36.9. The Labute approximate surface area is 438 Å². The van der Waals surface area contributed by atoms with Crippen LogP contribution in [-0.2, 0) is 16.2 Å². The molecule has 11 aromatic carbocycles. The fraction of sp³-hybridized carbons (Fsp3) is 0.0833. The molecule has 0 unspecified atom stereocenters. The molecule has 2 aliphatic heterocycles. The molecule has 17 rings (SSSR count). The second-order valence-electron chi connectivity index (χ2n) is 22.6. The maximum atomic E-state index is 2.60. The van der Waals surface area contributed by atoms with Gasteiger partial charge in [-0.25, -0.2) is 0 Å². The number of para-hydroxylation sites is 1. The highest BCUT2D eigenvalue weighted by Crippen LogP contribution is 2.65. The van der Waals surface area contributed by atoms with Crippen LogP contribution in [0.3, 0.4) is 0 Å². The van der Waals surface area contributed by atoms with E-state index in [9.17, 15) is 0 Å². The molecule has 2 nitrogen and oxygen atoms in total. The van der Waals surface area contributed by atoms with Crippen LogP contribution in [0.1, 0.15) is 70.8 Å². The average molecular weight is 953 g/mol. The standard InChI is InChI=1S/C72H49BN2/c1-70(2,3)44-35-40-66-64(41-44)73-63-31-16-17-32-65(63)74(45-36-38-53-51-23-8-14-29-59(51)71(61(53)42-45)55-25-10-4-19-47(55)48-20-5-11-26-56(48)71)67-33-18-34-68(69(67)73)75(66)46-37-39-54-52-24-9-15-30-60(52)72(62(54)43-46)57-27-12-6-21-49(57)50-22-7-13-28-58(50)72/h4-43H,1-3H3. The zero-order valence-corrected chi connectivity index (χ0v) is 42.1.